The van der Waals surface area contributed by atoms with Gasteiger partial charge in [0, 0.05) is 4.47 Å². The molecule has 1 aromatic rings. The topological polar surface area (TPSA) is 37.3 Å². The average Bonchev–Trinajstić information content (AvgIpc) is 1.99. The van der Waals surface area contributed by atoms with Crippen LogP contribution in [-0.4, -0.2) is 10.9 Å². The maximum Gasteiger partial charge on any atom is 0.163 e. The van der Waals surface area contributed by atoms with Crippen molar-refractivity contribution < 1.29 is 9.90 Å². The number of phenolic OH excluding ortho intramolecular Hbond substituents is 1. The third-order valence-electron chi connectivity index (χ3n) is 2.01. The third kappa shape index (κ3) is 1.75. The molecule has 0 amide bonds. The number of phenols is 1. The monoisotopic (exact) mass is 242 g/mol. The van der Waals surface area contributed by atoms with E-state index in [1.54, 1.807) is 6.07 Å². The Morgan fingerprint density at radius 3 is 2.46 bits per heavy atom. The van der Waals surface area contributed by atoms with Crippen LogP contribution in [0, 0.1) is 13.8 Å². The van der Waals surface area contributed by atoms with Crippen molar-refractivity contribution in [2.45, 2.75) is 20.8 Å². The second-order valence-electron chi connectivity index (χ2n) is 3.08. The summed E-state index contributed by atoms with van der Waals surface area (Å²) in [6.45, 7) is 5.14. The molecule has 3 heteroatoms. The van der Waals surface area contributed by atoms with E-state index in [4.69, 9.17) is 0 Å². The van der Waals surface area contributed by atoms with Crippen molar-refractivity contribution in [3.8, 4) is 5.75 Å². The summed E-state index contributed by atoms with van der Waals surface area (Å²) in [6.07, 6.45) is 0. The van der Waals surface area contributed by atoms with Crippen LogP contribution in [0.2, 0.25) is 0 Å². The summed E-state index contributed by atoms with van der Waals surface area (Å²) in [5.41, 5.74) is 2.13. The quantitative estimate of drug-likeness (QED) is 0.770. The Hall–Kier alpha value is -0.830. The van der Waals surface area contributed by atoms with Crippen molar-refractivity contribution in [2.75, 3.05) is 0 Å². The molecule has 13 heavy (non-hydrogen) atoms. The van der Waals surface area contributed by atoms with E-state index in [0.29, 0.717) is 5.56 Å². The van der Waals surface area contributed by atoms with Gasteiger partial charge in [-0.25, -0.2) is 0 Å². The molecule has 1 rings (SSSR count). The molecule has 2 nitrogen and oxygen atoms in total. The lowest BCUT2D eigenvalue weighted by atomic mass is 10.0. The molecule has 0 fully saturated rings. The van der Waals surface area contributed by atoms with E-state index in [9.17, 15) is 9.90 Å². The van der Waals surface area contributed by atoms with Gasteiger partial charge in [0.15, 0.2) is 5.78 Å². The summed E-state index contributed by atoms with van der Waals surface area (Å²) < 4.78 is 0.885. The first kappa shape index (κ1) is 10.3. The molecule has 0 spiro atoms. The first-order valence-electron chi connectivity index (χ1n) is 3.94. The van der Waals surface area contributed by atoms with Gasteiger partial charge in [-0.15, -0.1) is 0 Å². The van der Waals surface area contributed by atoms with E-state index in [-0.39, 0.29) is 11.5 Å². The summed E-state index contributed by atoms with van der Waals surface area (Å²) in [5, 5.41) is 9.53. The van der Waals surface area contributed by atoms with Crippen molar-refractivity contribution in [1.29, 1.82) is 0 Å². The zero-order valence-electron chi connectivity index (χ0n) is 7.81. The van der Waals surface area contributed by atoms with Crippen LogP contribution < -0.4 is 0 Å². The number of halogens is 1. The van der Waals surface area contributed by atoms with Gasteiger partial charge in [-0.3, -0.25) is 4.79 Å². The van der Waals surface area contributed by atoms with Crippen LogP contribution >= 0.6 is 15.9 Å². The van der Waals surface area contributed by atoms with Gasteiger partial charge in [0.25, 0.3) is 0 Å². The first-order valence-corrected chi connectivity index (χ1v) is 4.74. The molecule has 0 aliphatic heterocycles. The van der Waals surface area contributed by atoms with Crippen molar-refractivity contribution in [3.63, 3.8) is 0 Å². The van der Waals surface area contributed by atoms with E-state index in [2.05, 4.69) is 15.9 Å². The van der Waals surface area contributed by atoms with Gasteiger partial charge in [0.2, 0.25) is 0 Å². The fourth-order valence-corrected chi connectivity index (χ4v) is 1.70. The number of aryl methyl sites for hydroxylation is 1. The Morgan fingerprint density at radius 1 is 1.46 bits per heavy atom. The third-order valence-corrected chi connectivity index (χ3v) is 3.23. The lowest BCUT2D eigenvalue weighted by Gasteiger charge is -2.09. The maximum atomic E-state index is 11.2. The molecule has 0 atom stereocenters. The summed E-state index contributed by atoms with van der Waals surface area (Å²) in [6, 6.07) is 1.59. The molecule has 0 aromatic heterocycles. The van der Waals surface area contributed by atoms with Crippen molar-refractivity contribution in [2.24, 2.45) is 0 Å². The zero-order valence-corrected chi connectivity index (χ0v) is 9.40. The lowest BCUT2D eigenvalue weighted by Crippen LogP contribution is -1.98. The Labute approximate surface area is 85.7 Å². The molecule has 0 aliphatic rings. The van der Waals surface area contributed by atoms with E-state index in [0.717, 1.165) is 15.6 Å². The molecule has 0 saturated heterocycles. The second kappa shape index (κ2) is 3.50. The normalized spacial score (nSPS) is 10.2. The number of aromatic hydroxyl groups is 1. The molecular formula is C10H11BrO2. The molecule has 1 N–H and O–H groups in total. The smallest absolute Gasteiger partial charge is 0.163 e. The number of rotatable bonds is 1. The van der Waals surface area contributed by atoms with Gasteiger partial charge in [-0.2, -0.15) is 0 Å². The van der Waals surface area contributed by atoms with Crippen molar-refractivity contribution >= 4 is 21.7 Å². The number of carbonyl (C=O) groups excluding carboxylic acids is 1. The fraction of sp³-hybridized carbons (Fsp3) is 0.300. The largest absolute Gasteiger partial charge is 0.507 e. The summed E-state index contributed by atoms with van der Waals surface area (Å²) >= 11 is 3.37. The molecule has 0 bridgehead atoms. The number of ketones is 1. The van der Waals surface area contributed by atoms with E-state index >= 15 is 0 Å². The molecule has 0 radical (unpaired) electrons. The minimum Gasteiger partial charge on any atom is -0.507 e. The predicted octanol–water partition coefficient (Wildman–Crippen LogP) is 2.97. The Kier molecular flexibility index (Phi) is 2.76. The van der Waals surface area contributed by atoms with Gasteiger partial charge >= 0.3 is 0 Å². The molecule has 0 unspecified atom stereocenters. The number of Topliss-reactive ketones (excluding diaryl/α,β-unsaturated/α-hetero) is 1. The Bertz CT molecular complexity index is 370. The van der Waals surface area contributed by atoms with E-state index in [1.165, 1.54) is 6.92 Å². The minimum atomic E-state index is -0.115. The van der Waals surface area contributed by atoms with Crippen LogP contribution in [0.15, 0.2) is 10.5 Å². The highest BCUT2D eigenvalue weighted by Crippen LogP contribution is 2.31. The highest BCUT2D eigenvalue weighted by atomic mass is 79.9. The van der Waals surface area contributed by atoms with Gasteiger partial charge < -0.3 is 5.11 Å². The van der Waals surface area contributed by atoms with Crippen molar-refractivity contribution in [3.05, 3.63) is 27.2 Å². The molecule has 0 saturated carbocycles. The van der Waals surface area contributed by atoms with Crippen LogP contribution in [0.5, 0.6) is 5.75 Å². The van der Waals surface area contributed by atoms with Crippen LogP contribution in [0.1, 0.15) is 28.4 Å². The highest BCUT2D eigenvalue weighted by molar-refractivity contribution is 9.10. The minimum absolute atomic E-state index is 0.0608. The SMILES string of the molecule is CC(=O)c1c(O)cc(C)c(Br)c1C. The van der Waals surface area contributed by atoms with Crippen LogP contribution in [0.25, 0.3) is 0 Å². The van der Waals surface area contributed by atoms with E-state index in [1.807, 2.05) is 13.8 Å². The van der Waals surface area contributed by atoms with Gasteiger partial charge in [0.05, 0.1) is 5.56 Å². The van der Waals surface area contributed by atoms with Crippen LogP contribution in [-0.2, 0) is 0 Å². The maximum absolute atomic E-state index is 11.2. The van der Waals surface area contributed by atoms with Crippen molar-refractivity contribution in [1.82, 2.24) is 0 Å². The average molecular weight is 243 g/mol. The standard InChI is InChI=1S/C10H11BrO2/c1-5-4-8(13)9(7(3)12)6(2)10(5)11/h4,13H,1-3H3. The molecular weight excluding hydrogens is 232 g/mol. The Balaban J connectivity index is 3.53. The number of hydrogen-bond acceptors (Lipinski definition) is 2. The lowest BCUT2D eigenvalue weighted by molar-refractivity contribution is 0.101. The summed E-state index contributed by atoms with van der Waals surface area (Å²) in [5.74, 6) is -0.0543. The summed E-state index contributed by atoms with van der Waals surface area (Å²) in [7, 11) is 0. The van der Waals surface area contributed by atoms with Gasteiger partial charge in [0.1, 0.15) is 5.75 Å². The van der Waals surface area contributed by atoms with E-state index < -0.39 is 0 Å². The molecule has 70 valence electrons. The number of hydrogen-bond donors (Lipinski definition) is 1. The fourth-order valence-electron chi connectivity index (χ4n) is 1.38. The first-order chi connectivity index (χ1) is 5.95. The predicted molar refractivity (Wildman–Crippen MR) is 55.3 cm³/mol. The molecule has 0 heterocycles. The molecule has 1 aromatic carbocycles. The van der Waals surface area contributed by atoms with Gasteiger partial charge in [-0.1, -0.05) is 15.9 Å². The van der Waals surface area contributed by atoms with Gasteiger partial charge in [-0.05, 0) is 38.0 Å². The second-order valence-corrected chi connectivity index (χ2v) is 3.88. The van der Waals surface area contributed by atoms with Crippen LogP contribution in [0.3, 0.4) is 0 Å². The Morgan fingerprint density at radius 2 is 2.00 bits per heavy atom. The summed E-state index contributed by atoms with van der Waals surface area (Å²) in [4.78, 5) is 11.2. The zero-order chi connectivity index (χ0) is 10.2. The molecule has 0 aliphatic carbocycles. The highest BCUT2D eigenvalue weighted by Gasteiger charge is 2.14. The number of carbonyl (C=O) groups is 1. The number of benzene rings is 1. The van der Waals surface area contributed by atoms with Crippen LogP contribution in [0.4, 0.5) is 0 Å².